The molecule has 2 saturated carbocycles. The van der Waals surface area contributed by atoms with Crippen LogP contribution in [-0.2, 0) is 15.4 Å². The molecule has 5 unspecified atom stereocenters. The molecule has 2 fully saturated rings. The minimum atomic E-state index is -0.310. The van der Waals surface area contributed by atoms with Crippen molar-refractivity contribution in [3.05, 3.63) is 53.6 Å². The molecule has 0 aromatic heterocycles. The summed E-state index contributed by atoms with van der Waals surface area (Å²) in [5.41, 5.74) is 2.96. The van der Waals surface area contributed by atoms with Gasteiger partial charge < -0.3 is 13.7 Å². The van der Waals surface area contributed by atoms with E-state index in [2.05, 4.69) is 37.3 Å². The number of hydrogen-bond acceptors (Lipinski definition) is 5. The van der Waals surface area contributed by atoms with Crippen LogP contribution in [0.25, 0.3) is 0 Å². The predicted octanol–water partition coefficient (Wildman–Crippen LogP) is 6.57. The summed E-state index contributed by atoms with van der Waals surface area (Å²) in [7, 11) is 1.65. The summed E-state index contributed by atoms with van der Waals surface area (Å²) in [6.07, 6.45) is 7.29. The lowest BCUT2D eigenvalue weighted by Gasteiger charge is -2.50. The molecular formula is C27H32O4S. The Morgan fingerprint density at radius 3 is 2.62 bits per heavy atom. The summed E-state index contributed by atoms with van der Waals surface area (Å²) < 4.78 is 17.5. The van der Waals surface area contributed by atoms with Gasteiger partial charge in [0.05, 0.1) is 13.2 Å². The van der Waals surface area contributed by atoms with Crippen LogP contribution in [0.15, 0.2) is 47.4 Å². The summed E-state index contributed by atoms with van der Waals surface area (Å²) >= 11 is 1.54. The van der Waals surface area contributed by atoms with Gasteiger partial charge in [-0.3, -0.25) is 4.79 Å². The number of carbonyl (C=O) groups excluding carboxylic acids is 1. The maximum atomic E-state index is 11.5. The van der Waals surface area contributed by atoms with Crippen molar-refractivity contribution < 1.29 is 18.5 Å². The number of methoxy groups -OCH3 is 1. The van der Waals surface area contributed by atoms with Gasteiger partial charge in [0.25, 0.3) is 0 Å². The second-order valence-corrected chi connectivity index (χ2v) is 10.6. The lowest BCUT2D eigenvalue weighted by Crippen LogP contribution is -2.44. The van der Waals surface area contributed by atoms with Gasteiger partial charge in [-0.25, -0.2) is 0 Å². The normalized spacial score (nSPS) is 30.7. The smallest absolute Gasteiger partial charge is 0.308 e. The largest absolute Gasteiger partial charge is 0.493 e. The average molecular weight is 453 g/mol. The predicted molar refractivity (Wildman–Crippen MR) is 126 cm³/mol. The van der Waals surface area contributed by atoms with E-state index in [1.54, 1.807) is 19.2 Å². The highest BCUT2D eigenvalue weighted by Gasteiger charge is 2.55. The number of rotatable bonds is 5. The molecule has 0 N–H and O–H groups in total. The van der Waals surface area contributed by atoms with E-state index in [0.717, 1.165) is 12.8 Å². The van der Waals surface area contributed by atoms with Crippen molar-refractivity contribution in [3.63, 3.8) is 0 Å². The van der Waals surface area contributed by atoms with Gasteiger partial charge in [-0.05, 0) is 97.1 Å². The van der Waals surface area contributed by atoms with Crippen molar-refractivity contribution in [1.29, 1.82) is 0 Å². The molecule has 0 aliphatic heterocycles. The highest BCUT2D eigenvalue weighted by atomic mass is 32.2. The first-order valence-corrected chi connectivity index (χ1v) is 12.5. The summed E-state index contributed by atoms with van der Waals surface area (Å²) in [5.74, 6) is 2.83. The van der Waals surface area contributed by atoms with E-state index in [9.17, 15) is 4.79 Å². The number of aryl methyl sites for hydroxylation is 1. The Morgan fingerprint density at radius 1 is 1.06 bits per heavy atom. The molecule has 2 aromatic rings. The Morgan fingerprint density at radius 2 is 1.88 bits per heavy atom. The molecule has 4 nitrogen and oxygen atoms in total. The van der Waals surface area contributed by atoms with Crippen LogP contribution >= 0.6 is 12.0 Å². The van der Waals surface area contributed by atoms with E-state index in [1.807, 2.05) is 12.1 Å². The first-order chi connectivity index (χ1) is 15.5. The molecule has 170 valence electrons. The first kappa shape index (κ1) is 21.8. The first-order valence-electron chi connectivity index (χ1n) is 11.8. The number of carbonyl (C=O) groups is 1. The quantitative estimate of drug-likeness (QED) is 0.292. The van der Waals surface area contributed by atoms with Gasteiger partial charge in [-0.2, -0.15) is 0 Å². The Hall–Kier alpha value is -1.98. The molecule has 32 heavy (non-hydrogen) atoms. The summed E-state index contributed by atoms with van der Waals surface area (Å²) in [6, 6.07) is 14.6. The van der Waals surface area contributed by atoms with Crippen molar-refractivity contribution in [2.24, 2.45) is 17.3 Å². The molecule has 0 bridgehead atoms. The zero-order valence-electron chi connectivity index (χ0n) is 19.1. The third kappa shape index (κ3) is 3.84. The third-order valence-electron chi connectivity index (χ3n) is 8.18. The van der Waals surface area contributed by atoms with Crippen LogP contribution in [0, 0.1) is 17.3 Å². The topological polar surface area (TPSA) is 44.8 Å². The van der Waals surface area contributed by atoms with Crippen LogP contribution in [0.3, 0.4) is 0 Å². The molecule has 0 amide bonds. The zero-order valence-corrected chi connectivity index (χ0v) is 20.0. The lowest BCUT2D eigenvalue weighted by molar-refractivity contribution is -0.132. The Kier molecular flexibility index (Phi) is 5.98. The Labute approximate surface area is 195 Å². The molecule has 3 aliphatic carbocycles. The molecule has 5 heteroatoms. The van der Waals surface area contributed by atoms with E-state index in [-0.39, 0.29) is 11.4 Å². The SMILES string of the molecule is COc1cc2c(cc1OC(C)=O)CCC1C2CCC2(C)C(OSc3ccccc3)CCC12. The summed E-state index contributed by atoms with van der Waals surface area (Å²) in [5, 5.41) is 0. The van der Waals surface area contributed by atoms with Gasteiger partial charge in [0.15, 0.2) is 11.5 Å². The minimum Gasteiger partial charge on any atom is -0.493 e. The van der Waals surface area contributed by atoms with Crippen LogP contribution in [0.2, 0.25) is 0 Å². The fraction of sp³-hybridized carbons (Fsp3) is 0.519. The summed E-state index contributed by atoms with van der Waals surface area (Å²) in [6.45, 7) is 3.91. The summed E-state index contributed by atoms with van der Waals surface area (Å²) in [4.78, 5) is 12.7. The Balaban J connectivity index is 1.36. The molecule has 0 saturated heterocycles. The lowest BCUT2D eigenvalue weighted by atomic mass is 9.55. The minimum absolute atomic E-state index is 0.238. The van der Waals surface area contributed by atoms with E-state index in [4.69, 9.17) is 13.7 Å². The molecule has 3 aliphatic rings. The number of benzene rings is 2. The van der Waals surface area contributed by atoms with Crippen LogP contribution in [0.1, 0.15) is 63.0 Å². The third-order valence-corrected chi connectivity index (χ3v) is 8.97. The van der Waals surface area contributed by atoms with Crippen LogP contribution in [-0.4, -0.2) is 19.2 Å². The number of fused-ring (bicyclic) bond motifs is 5. The van der Waals surface area contributed by atoms with Crippen molar-refractivity contribution in [3.8, 4) is 11.5 Å². The fourth-order valence-corrected chi connectivity index (χ4v) is 7.48. The van der Waals surface area contributed by atoms with Crippen LogP contribution < -0.4 is 9.47 Å². The highest BCUT2D eigenvalue weighted by molar-refractivity contribution is 7.94. The molecular weight excluding hydrogens is 420 g/mol. The molecule has 2 aromatic carbocycles. The maximum Gasteiger partial charge on any atom is 0.308 e. The standard InChI is InChI=1S/C27H32O4S/c1-17(28)30-25-15-18-9-10-21-20(22(18)16-24(25)29-3)13-14-27(2)23(21)11-12-26(27)31-32-19-7-5-4-6-8-19/h4-8,15-16,20-21,23,26H,9-14H2,1-3H3. The number of ether oxygens (including phenoxy) is 2. The zero-order chi connectivity index (χ0) is 22.3. The molecule has 0 heterocycles. The van der Waals surface area contributed by atoms with E-state index >= 15 is 0 Å². The van der Waals surface area contributed by atoms with Crippen molar-refractivity contribution in [2.75, 3.05) is 7.11 Å². The fourth-order valence-electron chi connectivity index (χ4n) is 6.67. The van der Waals surface area contributed by atoms with E-state index < -0.39 is 0 Å². The average Bonchev–Trinajstić information content (AvgIpc) is 3.13. The van der Waals surface area contributed by atoms with Crippen molar-refractivity contribution in [1.82, 2.24) is 0 Å². The van der Waals surface area contributed by atoms with Crippen LogP contribution in [0.5, 0.6) is 11.5 Å². The van der Waals surface area contributed by atoms with Crippen LogP contribution in [0.4, 0.5) is 0 Å². The van der Waals surface area contributed by atoms with Gasteiger partial charge in [0.2, 0.25) is 0 Å². The van der Waals surface area contributed by atoms with Crippen molar-refractivity contribution >= 4 is 18.0 Å². The van der Waals surface area contributed by atoms with Gasteiger partial charge >= 0.3 is 5.97 Å². The van der Waals surface area contributed by atoms with Gasteiger partial charge in [-0.1, -0.05) is 25.1 Å². The van der Waals surface area contributed by atoms with E-state index in [0.29, 0.717) is 35.4 Å². The molecule has 5 atom stereocenters. The second-order valence-electron chi connectivity index (χ2n) is 9.81. The monoisotopic (exact) mass is 452 g/mol. The number of hydrogen-bond donors (Lipinski definition) is 0. The molecule has 0 radical (unpaired) electrons. The van der Waals surface area contributed by atoms with Gasteiger partial charge in [0, 0.05) is 23.9 Å². The van der Waals surface area contributed by atoms with E-state index in [1.165, 1.54) is 48.6 Å². The molecule has 0 spiro atoms. The Bertz CT molecular complexity index is 991. The second kappa shape index (κ2) is 8.75. The van der Waals surface area contributed by atoms with Gasteiger partial charge in [0.1, 0.15) is 0 Å². The van der Waals surface area contributed by atoms with Gasteiger partial charge in [-0.15, -0.1) is 0 Å². The maximum absolute atomic E-state index is 11.5. The number of esters is 1. The van der Waals surface area contributed by atoms with Crippen molar-refractivity contribution in [2.45, 2.75) is 69.3 Å². The highest BCUT2D eigenvalue weighted by Crippen LogP contribution is 2.62. The molecule has 5 rings (SSSR count).